The molecule has 0 aliphatic rings. The molecule has 2 N–H and O–H groups in total. The van der Waals surface area contributed by atoms with Gasteiger partial charge >= 0.3 is 0 Å². The molecule has 0 fully saturated rings. The van der Waals surface area contributed by atoms with Crippen LogP contribution in [0.1, 0.15) is 11.6 Å². The molecule has 1 unspecified atom stereocenters. The van der Waals surface area contributed by atoms with Crippen molar-refractivity contribution in [2.45, 2.75) is 6.04 Å². The van der Waals surface area contributed by atoms with Gasteiger partial charge in [0.15, 0.2) is 0 Å². The third-order valence-corrected chi connectivity index (χ3v) is 2.64. The van der Waals surface area contributed by atoms with Crippen LogP contribution in [0.5, 0.6) is 0 Å². The normalized spacial score (nSPS) is 13.9. The molecule has 0 spiro atoms. The van der Waals surface area contributed by atoms with Crippen molar-refractivity contribution < 1.29 is 5.11 Å². The largest absolute Gasteiger partial charge is 0.394 e. The fourth-order valence-corrected chi connectivity index (χ4v) is 1.39. The second-order valence-electron chi connectivity index (χ2n) is 3.08. The van der Waals surface area contributed by atoms with Crippen molar-refractivity contribution in [2.75, 3.05) is 13.2 Å². The van der Waals surface area contributed by atoms with Gasteiger partial charge in [-0.1, -0.05) is 53.5 Å². The summed E-state index contributed by atoms with van der Waals surface area (Å²) in [5.41, 5.74) is 2.34. The second-order valence-corrected chi connectivity index (χ2v) is 3.79. The highest BCUT2D eigenvalue weighted by Crippen LogP contribution is 2.12. The van der Waals surface area contributed by atoms with E-state index in [2.05, 4.69) is 5.32 Å². The lowest BCUT2D eigenvalue weighted by atomic mass is 10.1. The van der Waals surface area contributed by atoms with Crippen LogP contribution in [0, 0.1) is 0 Å². The topological polar surface area (TPSA) is 32.3 Å². The van der Waals surface area contributed by atoms with Gasteiger partial charge in [-0.15, -0.1) is 0 Å². The van der Waals surface area contributed by atoms with Crippen LogP contribution in [0.25, 0.3) is 0 Å². The molecule has 2 nitrogen and oxygen atoms in total. The molecule has 0 bridgehead atoms. The van der Waals surface area contributed by atoms with Crippen molar-refractivity contribution in [1.82, 2.24) is 5.32 Å². The Bertz CT molecular complexity index is 314. The summed E-state index contributed by atoms with van der Waals surface area (Å²) in [6, 6.07) is 9.58. The predicted molar refractivity (Wildman–Crippen MR) is 64.1 cm³/mol. The van der Waals surface area contributed by atoms with Gasteiger partial charge in [0.1, 0.15) is 0 Å². The number of hydrogen-bond donors (Lipinski definition) is 2. The zero-order valence-corrected chi connectivity index (χ0v) is 9.67. The summed E-state index contributed by atoms with van der Waals surface area (Å²) < 4.78 is 0. The molecule has 0 aliphatic carbocycles. The van der Waals surface area contributed by atoms with E-state index in [9.17, 15) is 5.11 Å². The third kappa shape index (κ3) is 4.22. The molecule has 0 saturated carbocycles. The number of rotatable bonds is 5. The van der Waals surface area contributed by atoms with Crippen molar-refractivity contribution >= 4 is 23.2 Å². The van der Waals surface area contributed by atoms with Gasteiger partial charge < -0.3 is 10.4 Å². The van der Waals surface area contributed by atoms with Crippen molar-refractivity contribution in [3.8, 4) is 0 Å². The summed E-state index contributed by atoms with van der Waals surface area (Å²) in [7, 11) is 0. The maximum atomic E-state index is 9.21. The summed E-state index contributed by atoms with van der Waals surface area (Å²) >= 11 is 11.2. The van der Waals surface area contributed by atoms with E-state index in [-0.39, 0.29) is 12.6 Å². The summed E-state index contributed by atoms with van der Waals surface area (Å²) in [5, 5.41) is 12.8. The molecule has 1 aromatic carbocycles. The highest BCUT2D eigenvalue weighted by molar-refractivity contribution is 6.36. The molecule has 0 amide bonds. The lowest BCUT2D eigenvalue weighted by Crippen LogP contribution is -2.25. The zero-order valence-electron chi connectivity index (χ0n) is 8.16. The van der Waals surface area contributed by atoms with E-state index < -0.39 is 0 Å². The van der Waals surface area contributed by atoms with E-state index in [1.807, 2.05) is 30.3 Å². The molecule has 0 radical (unpaired) electrons. The molecule has 1 atom stereocenters. The Morgan fingerprint density at radius 2 is 2.07 bits per heavy atom. The van der Waals surface area contributed by atoms with Gasteiger partial charge in [-0.2, -0.15) is 0 Å². The molecule has 82 valence electrons. The second kappa shape index (κ2) is 6.85. The first-order chi connectivity index (χ1) is 7.27. The van der Waals surface area contributed by atoms with Crippen molar-refractivity contribution in [3.63, 3.8) is 0 Å². The molecule has 0 saturated heterocycles. The monoisotopic (exact) mass is 245 g/mol. The van der Waals surface area contributed by atoms with Crippen LogP contribution in [0.3, 0.4) is 0 Å². The minimum atomic E-state index is -0.114. The lowest BCUT2D eigenvalue weighted by Gasteiger charge is -2.16. The molecular weight excluding hydrogens is 233 g/mol. The van der Waals surface area contributed by atoms with E-state index in [0.717, 1.165) is 5.56 Å². The van der Waals surface area contributed by atoms with Crippen molar-refractivity contribution in [3.05, 3.63) is 46.5 Å². The summed E-state index contributed by atoms with van der Waals surface area (Å²) in [5.74, 6) is 0. The van der Waals surface area contributed by atoms with Crippen molar-refractivity contribution in [1.29, 1.82) is 0 Å². The first-order valence-electron chi connectivity index (χ1n) is 4.62. The number of nitrogens with one attached hydrogen (secondary N) is 1. The minimum Gasteiger partial charge on any atom is -0.394 e. The number of benzene rings is 1. The van der Waals surface area contributed by atoms with Crippen LogP contribution in [-0.2, 0) is 0 Å². The zero-order chi connectivity index (χ0) is 11.1. The molecule has 1 rings (SSSR count). The Labute approximate surface area is 99.5 Å². The highest BCUT2D eigenvalue weighted by Gasteiger charge is 2.08. The first kappa shape index (κ1) is 12.5. The maximum Gasteiger partial charge on any atom is 0.0626 e. The van der Waals surface area contributed by atoms with Crippen LogP contribution in [0.4, 0.5) is 0 Å². The van der Waals surface area contributed by atoms with Gasteiger partial charge in [0.25, 0.3) is 0 Å². The first-order valence-corrected chi connectivity index (χ1v) is 5.43. The van der Waals surface area contributed by atoms with E-state index in [0.29, 0.717) is 11.6 Å². The van der Waals surface area contributed by atoms with E-state index in [1.54, 1.807) is 0 Å². The average Bonchev–Trinajstić information content (AvgIpc) is 2.31. The molecule has 0 heterocycles. The molecule has 0 aromatic heterocycles. The Balaban J connectivity index is 2.57. The van der Waals surface area contributed by atoms with Crippen molar-refractivity contribution in [2.24, 2.45) is 0 Å². The quantitative estimate of drug-likeness (QED) is 0.837. The summed E-state index contributed by atoms with van der Waals surface area (Å²) in [4.78, 5) is 0. The Kier molecular flexibility index (Phi) is 5.73. The standard InChI is InChI=1S/C11H13Cl2NO/c12-6-10(13)7-14-11(8-15)9-4-2-1-3-5-9/h1-6,11,14-15H,7-8H2. The Morgan fingerprint density at radius 1 is 1.40 bits per heavy atom. The predicted octanol–water partition coefficient (Wildman–Crippen LogP) is 2.63. The third-order valence-electron chi connectivity index (χ3n) is 2.02. The SMILES string of the molecule is OCC(NCC(Cl)=CCl)c1ccccc1. The Morgan fingerprint density at radius 3 is 2.60 bits per heavy atom. The Hall–Kier alpha value is -0.540. The van der Waals surface area contributed by atoms with Gasteiger partial charge in [-0.25, -0.2) is 0 Å². The molecule has 4 heteroatoms. The van der Waals surface area contributed by atoms with Gasteiger partial charge in [0, 0.05) is 17.1 Å². The number of hydrogen-bond acceptors (Lipinski definition) is 2. The molecule has 15 heavy (non-hydrogen) atoms. The summed E-state index contributed by atoms with van der Waals surface area (Å²) in [6.45, 7) is 0.474. The number of aliphatic hydroxyl groups is 1. The fraction of sp³-hybridized carbons (Fsp3) is 0.273. The van der Waals surface area contributed by atoms with E-state index in [4.69, 9.17) is 23.2 Å². The van der Waals surface area contributed by atoms with Gasteiger partial charge in [-0.05, 0) is 5.56 Å². The fourth-order valence-electron chi connectivity index (χ4n) is 1.23. The van der Waals surface area contributed by atoms with Gasteiger partial charge in [0.05, 0.1) is 12.6 Å². The lowest BCUT2D eigenvalue weighted by molar-refractivity contribution is 0.247. The number of halogens is 2. The maximum absolute atomic E-state index is 9.21. The van der Waals surface area contributed by atoms with E-state index in [1.165, 1.54) is 5.54 Å². The highest BCUT2D eigenvalue weighted by atomic mass is 35.5. The van der Waals surface area contributed by atoms with Crippen LogP contribution in [0.15, 0.2) is 40.9 Å². The smallest absolute Gasteiger partial charge is 0.0626 e. The minimum absolute atomic E-state index is 0.0243. The van der Waals surface area contributed by atoms with Crippen LogP contribution < -0.4 is 5.32 Å². The van der Waals surface area contributed by atoms with Gasteiger partial charge in [0.2, 0.25) is 0 Å². The summed E-state index contributed by atoms with van der Waals surface area (Å²) in [6.07, 6.45) is 0. The van der Waals surface area contributed by atoms with Crippen LogP contribution in [0.2, 0.25) is 0 Å². The number of aliphatic hydroxyl groups excluding tert-OH is 1. The van der Waals surface area contributed by atoms with Crippen LogP contribution in [-0.4, -0.2) is 18.3 Å². The molecular formula is C11H13Cl2NO. The van der Waals surface area contributed by atoms with Crippen LogP contribution >= 0.6 is 23.2 Å². The van der Waals surface area contributed by atoms with E-state index >= 15 is 0 Å². The molecule has 1 aromatic rings. The van der Waals surface area contributed by atoms with Gasteiger partial charge in [-0.3, -0.25) is 0 Å². The molecule has 0 aliphatic heterocycles. The average molecular weight is 246 g/mol.